The third-order valence-electron chi connectivity index (χ3n) is 2.94. The highest BCUT2D eigenvalue weighted by Crippen LogP contribution is 2.33. The second-order valence-corrected chi connectivity index (χ2v) is 6.88. The number of halogens is 3. The summed E-state index contributed by atoms with van der Waals surface area (Å²) in [6, 6.07) is 4.83. The van der Waals surface area contributed by atoms with Crippen LogP contribution in [0.5, 0.6) is 0 Å². The van der Waals surface area contributed by atoms with Gasteiger partial charge in [-0.25, -0.2) is 4.98 Å². The largest absolute Gasteiger partial charge is 0.445 e. The fraction of sp³-hybridized carbons (Fsp3) is 0.214. The Hall–Kier alpha value is -2.47. The van der Waals surface area contributed by atoms with E-state index >= 15 is 0 Å². The minimum atomic E-state index is -4.61. The maximum Gasteiger partial charge on any atom is 0.445 e. The van der Waals surface area contributed by atoms with Crippen molar-refractivity contribution in [2.75, 3.05) is 5.32 Å². The first-order valence-corrected chi connectivity index (χ1v) is 8.85. The first-order chi connectivity index (χ1) is 12.3. The molecule has 0 fully saturated rings. The molecule has 0 bridgehead atoms. The Morgan fingerprint density at radius 1 is 1.38 bits per heavy atom. The van der Waals surface area contributed by atoms with Crippen LogP contribution >= 0.6 is 23.1 Å². The standard InChI is InChI=1S/C14H10F3N5O2S2/c1-7-5-8(22-24-7)6-25-11-9(3-2-4-18-11)10(23)19-13-21-20-12(26-13)14(15,16)17/h2-5H,6H2,1H3,(H,19,21,23). The quantitative estimate of drug-likeness (QED) is 0.650. The van der Waals surface area contributed by atoms with Crippen LogP contribution in [0, 0.1) is 6.92 Å². The van der Waals surface area contributed by atoms with Crippen molar-refractivity contribution in [2.24, 2.45) is 0 Å². The molecule has 0 radical (unpaired) electrons. The number of aromatic nitrogens is 4. The van der Waals surface area contributed by atoms with Crippen molar-refractivity contribution in [2.45, 2.75) is 23.9 Å². The fourth-order valence-electron chi connectivity index (χ4n) is 1.86. The van der Waals surface area contributed by atoms with E-state index in [0.717, 1.165) is 0 Å². The Morgan fingerprint density at radius 3 is 2.85 bits per heavy atom. The van der Waals surface area contributed by atoms with Gasteiger partial charge in [0.05, 0.1) is 11.3 Å². The predicted molar refractivity (Wildman–Crippen MR) is 87.9 cm³/mol. The van der Waals surface area contributed by atoms with Crippen LogP contribution in [0.15, 0.2) is 33.9 Å². The van der Waals surface area contributed by atoms with E-state index in [1.54, 1.807) is 19.1 Å². The number of nitrogens with one attached hydrogen (secondary N) is 1. The summed E-state index contributed by atoms with van der Waals surface area (Å²) in [7, 11) is 0. The van der Waals surface area contributed by atoms with Crippen LogP contribution in [0.4, 0.5) is 18.3 Å². The fourth-order valence-corrected chi connectivity index (χ4v) is 3.34. The molecule has 0 aromatic carbocycles. The van der Waals surface area contributed by atoms with Crippen molar-refractivity contribution in [1.82, 2.24) is 20.3 Å². The van der Waals surface area contributed by atoms with Gasteiger partial charge in [0, 0.05) is 18.0 Å². The molecular formula is C14H10F3N5O2S2. The molecule has 12 heteroatoms. The molecule has 0 saturated carbocycles. The van der Waals surface area contributed by atoms with E-state index in [1.807, 2.05) is 0 Å². The molecule has 3 rings (SSSR count). The zero-order valence-electron chi connectivity index (χ0n) is 13.1. The van der Waals surface area contributed by atoms with Crippen molar-refractivity contribution < 1.29 is 22.5 Å². The zero-order valence-corrected chi connectivity index (χ0v) is 14.7. The number of nitrogens with zero attached hydrogens (tertiary/aromatic N) is 4. The summed E-state index contributed by atoms with van der Waals surface area (Å²) in [5, 5.41) is 11.6. The lowest BCUT2D eigenvalue weighted by Gasteiger charge is -2.06. The van der Waals surface area contributed by atoms with E-state index in [0.29, 0.717) is 22.2 Å². The van der Waals surface area contributed by atoms with Crippen LogP contribution in [-0.4, -0.2) is 26.2 Å². The van der Waals surface area contributed by atoms with Gasteiger partial charge in [0.2, 0.25) is 10.1 Å². The third-order valence-corrected chi connectivity index (χ3v) is 4.86. The Kier molecular flexibility index (Phi) is 5.23. The zero-order chi connectivity index (χ0) is 18.7. The summed E-state index contributed by atoms with van der Waals surface area (Å²) in [5.74, 6) is 0.462. The lowest BCUT2D eigenvalue weighted by molar-refractivity contribution is -0.138. The molecule has 0 saturated heterocycles. The maximum absolute atomic E-state index is 12.6. The van der Waals surface area contributed by atoms with Gasteiger partial charge in [0.1, 0.15) is 10.8 Å². The van der Waals surface area contributed by atoms with Crippen LogP contribution < -0.4 is 5.32 Å². The van der Waals surface area contributed by atoms with Crippen LogP contribution in [-0.2, 0) is 11.9 Å². The summed E-state index contributed by atoms with van der Waals surface area (Å²) in [6.07, 6.45) is -3.09. The van der Waals surface area contributed by atoms with Gasteiger partial charge in [0.25, 0.3) is 5.91 Å². The van der Waals surface area contributed by atoms with Gasteiger partial charge in [-0.05, 0) is 19.1 Å². The monoisotopic (exact) mass is 401 g/mol. The molecule has 136 valence electrons. The summed E-state index contributed by atoms with van der Waals surface area (Å²) >= 11 is 1.51. The minimum Gasteiger partial charge on any atom is -0.361 e. The maximum atomic E-state index is 12.6. The molecule has 26 heavy (non-hydrogen) atoms. The Labute approximate surface area is 153 Å². The average molecular weight is 401 g/mol. The number of rotatable bonds is 5. The van der Waals surface area contributed by atoms with E-state index in [-0.39, 0.29) is 22.0 Å². The smallest absolute Gasteiger partial charge is 0.361 e. The van der Waals surface area contributed by atoms with E-state index in [2.05, 4.69) is 25.7 Å². The molecule has 0 aliphatic heterocycles. The first kappa shape index (κ1) is 18.3. The number of aryl methyl sites for hydroxylation is 1. The third kappa shape index (κ3) is 4.38. The van der Waals surface area contributed by atoms with Crippen LogP contribution in [0.2, 0.25) is 0 Å². The second kappa shape index (κ2) is 7.41. The normalized spacial score (nSPS) is 11.5. The number of thioether (sulfide) groups is 1. The van der Waals surface area contributed by atoms with E-state index in [9.17, 15) is 18.0 Å². The molecule has 1 amide bonds. The lowest BCUT2D eigenvalue weighted by atomic mass is 10.3. The average Bonchev–Trinajstić information content (AvgIpc) is 3.22. The van der Waals surface area contributed by atoms with Crippen molar-refractivity contribution in [3.8, 4) is 0 Å². The van der Waals surface area contributed by atoms with Gasteiger partial charge in [0.15, 0.2) is 0 Å². The van der Waals surface area contributed by atoms with Gasteiger partial charge < -0.3 is 4.52 Å². The molecule has 0 atom stereocenters. The number of anilines is 1. The Bertz CT molecular complexity index is 925. The summed E-state index contributed by atoms with van der Waals surface area (Å²) in [4.78, 5) is 16.5. The number of hydrogen-bond donors (Lipinski definition) is 1. The molecule has 3 aromatic heterocycles. The number of pyridine rings is 1. The Balaban J connectivity index is 1.72. The number of carbonyl (C=O) groups excluding carboxylic acids is 1. The molecule has 3 aromatic rings. The molecule has 0 unspecified atom stereocenters. The molecular weight excluding hydrogens is 391 g/mol. The summed E-state index contributed by atoms with van der Waals surface area (Å²) in [6.45, 7) is 1.76. The van der Waals surface area contributed by atoms with Crippen molar-refractivity contribution in [1.29, 1.82) is 0 Å². The van der Waals surface area contributed by atoms with Crippen LogP contribution in [0.25, 0.3) is 0 Å². The van der Waals surface area contributed by atoms with Crippen LogP contribution in [0.1, 0.15) is 26.8 Å². The van der Waals surface area contributed by atoms with E-state index in [1.165, 1.54) is 24.0 Å². The topological polar surface area (TPSA) is 93.8 Å². The number of amides is 1. The SMILES string of the molecule is Cc1cc(CSc2ncccc2C(=O)Nc2nnc(C(F)(F)F)s2)no1. The predicted octanol–water partition coefficient (Wildman–Crippen LogP) is 3.79. The van der Waals surface area contributed by atoms with Gasteiger partial charge in [-0.1, -0.05) is 28.3 Å². The van der Waals surface area contributed by atoms with Gasteiger partial charge in [-0.2, -0.15) is 13.2 Å². The number of hydrogen-bond acceptors (Lipinski definition) is 8. The van der Waals surface area contributed by atoms with Gasteiger partial charge in [-0.15, -0.1) is 10.2 Å². The second-order valence-electron chi connectivity index (χ2n) is 4.94. The highest BCUT2D eigenvalue weighted by Gasteiger charge is 2.35. The molecule has 1 N–H and O–H groups in total. The summed E-state index contributed by atoms with van der Waals surface area (Å²) < 4.78 is 42.6. The first-order valence-electron chi connectivity index (χ1n) is 7.05. The van der Waals surface area contributed by atoms with E-state index in [4.69, 9.17) is 4.52 Å². The molecule has 0 aliphatic rings. The highest BCUT2D eigenvalue weighted by molar-refractivity contribution is 7.98. The van der Waals surface area contributed by atoms with Gasteiger partial charge >= 0.3 is 6.18 Å². The minimum absolute atomic E-state index is 0.210. The molecule has 3 heterocycles. The van der Waals surface area contributed by atoms with Crippen molar-refractivity contribution in [3.05, 3.63) is 46.4 Å². The molecule has 7 nitrogen and oxygen atoms in total. The van der Waals surface area contributed by atoms with Gasteiger partial charge in [-0.3, -0.25) is 10.1 Å². The lowest BCUT2D eigenvalue weighted by Crippen LogP contribution is -2.13. The van der Waals surface area contributed by atoms with E-state index < -0.39 is 17.1 Å². The molecule has 0 spiro atoms. The van der Waals surface area contributed by atoms with Crippen LogP contribution in [0.3, 0.4) is 0 Å². The summed E-state index contributed by atoms with van der Waals surface area (Å²) in [5.41, 5.74) is 0.893. The van der Waals surface area contributed by atoms with Crippen molar-refractivity contribution in [3.63, 3.8) is 0 Å². The number of carbonyl (C=O) groups is 1. The van der Waals surface area contributed by atoms with Crippen molar-refractivity contribution >= 4 is 34.1 Å². The molecule has 0 aliphatic carbocycles. The highest BCUT2D eigenvalue weighted by atomic mass is 32.2. The Morgan fingerprint density at radius 2 is 2.19 bits per heavy atom. The number of alkyl halides is 3.